The minimum Gasteiger partial charge on any atom is -0.354 e. The monoisotopic (exact) mass is 411 g/mol. The van der Waals surface area contributed by atoms with Gasteiger partial charge in [-0.3, -0.25) is 19.7 Å². The molecule has 0 radical (unpaired) electrons. The lowest BCUT2D eigenvalue weighted by Crippen LogP contribution is -2.33. The van der Waals surface area contributed by atoms with Crippen LogP contribution in [0.4, 0.5) is 11.4 Å². The van der Waals surface area contributed by atoms with Crippen molar-refractivity contribution in [3.63, 3.8) is 0 Å². The maximum Gasteiger partial charge on any atom is 0.271 e. The van der Waals surface area contributed by atoms with Crippen molar-refractivity contribution in [2.24, 2.45) is 0 Å². The molecule has 7 nitrogen and oxygen atoms in total. The van der Waals surface area contributed by atoms with E-state index in [0.717, 1.165) is 11.1 Å². The molecule has 0 spiro atoms. The second kappa shape index (κ2) is 6.91. The molecule has 1 amide bonds. The third kappa shape index (κ3) is 2.98. The molecule has 2 N–H and O–H groups in total. The van der Waals surface area contributed by atoms with Crippen molar-refractivity contribution >= 4 is 34.0 Å². The highest BCUT2D eigenvalue weighted by molar-refractivity contribution is 6.26. The van der Waals surface area contributed by atoms with E-state index in [9.17, 15) is 19.7 Å². The average molecular weight is 411 g/mol. The summed E-state index contributed by atoms with van der Waals surface area (Å²) >= 11 is 0. The third-order valence-corrected chi connectivity index (χ3v) is 5.64. The van der Waals surface area contributed by atoms with E-state index in [-0.39, 0.29) is 11.5 Å². The number of anilines is 1. The normalized spacial score (nSPS) is 15.6. The lowest BCUT2D eigenvalue weighted by atomic mass is 9.83. The van der Waals surface area contributed by atoms with Crippen molar-refractivity contribution < 1.29 is 14.5 Å². The van der Waals surface area contributed by atoms with Gasteiger partial charge in [-0.25, -0.2) is 0 Å². The van der Waals surface area contributed by atoms with Crippen molar-refractivity contribution in [2.45, 2.75) is 12.8 Å². The molecule has 1 aliphatic rings. The van der Waals surface area contributed by atoms with E-state index in [1.54, 1.807) is 30.3 Å². The first-order valence-electron chi connectivity index (χ1n) is 9.75. The molecule has 152 valence electrons. The molecule has 1 atom stereocenters. The summed E-state index contributed by atoms with van der Waals surface area (Å²) in [6.07, 6.45) is 0. The van der Waals surface area contributed by atoms with Crippen LogP contribution in [0.2, 0.25) is 0 Å². The quantitative estimate of drug-likeness (QED) is 0.282. The molecule has 5 rings (SSSR count). The van der Waals surface area contributed by atoms with Crippen LogP contribution in [-0.4, -0.2) is 21.6 Å². The molecule has 31 heavy (non-hydrogen) atoms. The van der Waals surface area contributed by atoms with Gasteiger partial charge in [-0.2, -0.15) is 0 Å². The zero-order valence-electron chi connectivity index (χ0n) is 16.5. The third-order valence-electron chi connectivity index (χ3n) is 5.64. The number of aromatic nitrogens is 1. The number of hydrogen-bond donors (Lipinski definition) is 2. The number of nitrogens with one attached hydrogen (secondary N) is 2. The highest BCUT2D eigenvalue weighted by Gasteiger charge is 2.39. The maximum absolute atomic E-state index is 13.4. The number of nitro benzene ring substituents is 1. The maximum atomic E-state index is 13.4. The fourth-order valence-electron chi connectivity index (χ4n) is 4.12. The number of ketones is 1. The Morgan fingerprint density at radius 3 is 2.45 bits per heavy atom. The summed E-state index contributed by atoms with van der Waals surface area (Å²) in [5.41, 5.74) is 4.34. The molecule has 7 heteroatoms. The second-order valence-corrected chi connectivity index (χ2v) is 7.60. The first kappa shape index (κ1) is 18.7. The Hall–Kier alpha value is -4.26. The number of amides is 1. The van der Waals surface area contributed by atoms with E-state index in [1.165, 1.54) is 12.1 Å². The van der Waals surface area contributed by atoms with Gasteiger partial charge in [0.25, 0.3) is 5.69 Å². The lowest BCUT2D eigenvalue weighted by molar-refractivity contribution is -0.384. The van der Waals surface area contributed by atoms with Gasteiger partial charge in [0.2, 0.25) is 5.91 Å². The SMILES string of the molecule is Cc1ccc(-c2[nH]c3cc([N+](=O)[O-])ccc3c2C2C(=O)Nc3ccccc3C2=O)cc1. The Balaban J connectivity index is 1.78. The first-order chi connectivity index (χ1) is 14.9. The molecule has 0 saturated carbocycles. The molecule has 0 fully saturated rings. The zero-order chi connectivity index (χ0) is 21.7. The number of rotatable bonds is 3. The van der Waals surface area contributed by atoms with Gasteiger partial charge in [-0.1, -0.05) is 42.0 Å². The highest BCUT2D eigenvalue weighted by atomic mass is 16.6. The summed E-state index contributed by atoms with van der Waals surface area (Å²) in [5.74, 6) is -1.79. The van der Waals surface area contributed by atoms with E-state index in [4.69, 9.17) is 0 Å². The number of nitrogens with zero attached hydrogens (tertiary/aromatic N) is 1. The number of nitro groups is 1. The fraction of sp³-hybridized carbons (Fsp3) is 0.0833. The summed E-state index contributed by atoms with van der Waals surface area (Å²) in [5, 5.41) is 14.7. The van der Waals surface area contributed by atoms with Gasteiger partial charge in [0.1, 0.15) is 5.92 Å². The highest BCUT2D eigenvalue weighted by Crippen LogP contribution is 2.41. The number of carbonyl (C=O) groups is 2. The van der Waals surface area contributed by atoms with Gasteiger partial charge in [-0.05, 0) is 30.7 Å². The molecule has 0 aliphatic carbocycles. The Morgan fingerprint density at radius 2 is 1.71 bits per heavy atom. The van der Waals surface area contributed by atoms with Crippen molar-refractivity contribution in [2.75, 3.05) is 5.32 Å². The van der Waals surface area contributed by atoms with Crippen LogP contribution in [0.25, 0.3) is 22.2 Å². The minimum absolute atomic E-state index is 0.0690. The van der Waals surface area contributed by atoms with Crippen LogP contribution in [0.5, 0.6) is 0 Å². The molecule has 1 aromatic heterocycles. The van der Waals surface area contributed by atoms with Gasteiger partial charge in [0, 0.05) is 28.6 Å². The largest absolute Gasteiger partial charge is 0.354 e. The number of para-hydroxylation sites is 1. The molecule has 1 aliphatic heterocycles. The van der Waals surface area contributed by atoms with Crippen LogP contribution >= 0.6 is 0 Å². The first-order valence-corrected chi connectivity index (χ1v) is 9.75. The Bertz CT molecular complexity index is 1390. The Morgan fingerprint density at radius 1 is 0.968 bits per heavy atom. The molecule has 0 bridgehead atoms. The summed E-state index contributed by atoms with van der Waals surface area (Å²) in [4.78, 5) is 40.5. The predicted molar refractivity (Wildman–Crippen MR) is 117 cm³/mol. The lowest BCUT2D eigenvalue weighted by Gasteiger charge is -2.24. The molecular weight excluding hydrogens is 394 g/mol. The van der Waals surface area contributed by atoms with Crippen molar-refractivity contribution in [3.05, 3.63) is 93.5 Å². The number of hydrogen-bond acceptors (Lipinski definition) is 4. The van der Waals surface area contributed by atoms with Crippen LogP contribution in [0.1, 0.15) is 27.4 Å². The van der Waals surface area contributed by atoms with Gasteiger partial charge in [0.05, 0.1) is 21.8 Å². The van der Waals surface area contributed by atoms with E-state index < -0.39 is 16.7 Å². The smallest absolute Gasteiger partial charge is 0.271 e. The number of aryl methyl sites for hydroxylation is 1. The second-order valence-electron chi connectivity index (χ2n) is 7.60. The summed E-state index contributed by atoms with van der Waals surface area (Å²) < 4.78 is 0. The van der Waals surface area contributed by atoms with Crippen molar-refractivity contribution in [1.29, 1.82) is 0 Å². The van der Waals surface area contributed by atoms with Crippen LogP contribution in [0, 0.1) is 17.0 Å². The van der Waals surface area contributed by atoms with Gasteiger partial charge in [0.15, 0.2) is 5.78 Å². The van der Waals surface area contributed by atoms with Crippen LogP contribution in [0.15, 0.2) is 66.7 Å². The topological polar surface area (TPSA) is 105 Å². The molecule has 2 heterocycles. The van der Waals surface area contributed by atoms with E-state index in [0.29, 0.717) is 33.4 Å². The number of Topliss-reactive ketones (excluding diaryl/α,β-unsaturated/α-hetero) is 1. The van der Waals surface area contributed by atoms with Gasteiger partial charge in [-0.15, -0.1) is 0 Å². The van der Waals surface area contributed by atoms with Crippen molar-refractivity contribution in [1.82, 2.24) is 4.98 Å². The molecule has 0 saturated heterocycles. The summed E-state index contributed by atoms with van der Waals surface area (Å²) in [7, 11) is 0. The van der Waals surface area contributed by atoms with Crippen LogP contribution < -0.4 is 5.32 Å². The molecule has 3 aromatic carbocycles. The standard InChI is InChI=1S/C24H17N3O4/c1-13-6-8-14(9-7-13)22-20(16-11-10-15(27(30)31)12-19(16)25-22)21-23(28)17-4-2-3-5-18(17)26-24(21)29/h2-12,21,25H,1H3,(H,26,29). The molecule has 1 unspecified atom stereocenters. The van der Waals surface area contributed by atoms with E-state index >= 15 is 0 Å². The Kier molecular flexibility index (Phi) is 4.18. The molecular formula is C24H17N3O4. The number of carbonyl (C=O) groups excluding carboxylic acids is 2. The number of non-ortho nitro benzene ring substituents is 1. The van der Waals surface area contributed by atoms with Crippen LogP contribution in [-0.2, 0) is 4.79 Å². The van der Waals surface area contributed by atoms with Gasteiger partial charge >= 0.3 is 0 Å². The van der Waals surface area contributed by atoms with Gasteiger partial charge < -0.3 is 10.3 Å². The average Bonchev–Trinajstić information content (AvgIpc) is 3.13. The molecule has 4 aromatic rings. The number of fused-ring (bicyclic) bond motifs is 2. The van der Waals surface area contributed by atoms with Crippen molar-refractivity contribution in [3.8, 4) is 11.3 Å². The predicted octanol–water partition coefficient (Wildman–Crippen LogP) is 4.97. The van der Waals surface area contributed by atoms with E-state index in [2.05, 4.69) is 10.3 Å². The van der Waals surface area contributed by atoms with E-state index in [1.807, 2.05) is 31.2 Å². The zero-order valence-corrected chi connectivity index (χ0v) is 16.5. The summed E-state index contributed by atoms with van der Waals surface area (Å²) in [6, 6.07) is 19.0. The number of H-pyrrole nitrogens is 1. The number of benzene rings is 3. The van der Waals surface area contributed by atoms with Crippen LogP contribution in [0.3, 0.4) is 0 Å². The fourth-order valence-corrected chi connectivity index (χ4v) is 4.12. The minimum atomic E-state index is -1.07. The summed E-state index contributed by atoms with van der Waals surface area (Å²) in [6.45, 7) is 1.97. The number of aromatic amines is 1. The Labute approximate surface area is 176 Å².